The van der Waals surface area contributed by atoms with Gasteiger partial charge in [-0.1, -0.05) is 48.6 Å². The lowest BCUT2D eigenvalue weighted by atomic mass is 10.2. The largest absolute Gasteiger partial charge is 0.495 e. The summed E-state index contributed by atoms with van der Waals surface area (Å²) >= 11 is 16.4. The third-order valence-electron chi connectivity index (χ3n) is 3.90. The van der Waals surface area contributed by atoms with E-state index in [1.54, 1.807) is 25.3 Å². The first kappa shape index (κ1) is 21.2. The van der Waals surface area contributed by atoms with Crippen molar-refractivity contribution in [3.8, 4) is 11.5 Å². The summed E-state index contributed by atoms with van der Waals surface area (Å²) in [6, 6.07) is 10.9. The fourth-order valence-corrected chi connectivity index (χ4v) is 4.63. The van der Waals surface area contributed by atoms with Gasteiger partial charge in [-0.25, -0.2) is 0 Å². The van der Waals surface area contributed by atoms with E-state index in [1.807, 2.05) is 24.3 Å². The average Bonchev–Trinajstić information content (AvgIpc) is 2.94. The van der Waals surface area contributed by atoms with Crippen molar-refractivity contribution in [3.63, 3.8) is 0 Å². The first-order chi connectivity index (χ1) is 13.4. The van der Waals surface area contributed by atoms with Gasteiger partial charge in [0.05, 0.1) is 33.8 Å². The molecular weight excluding hydrogens is 482 g/mol. The summed E-state index contributed by atoms with van der Waals surface area (Å²) in [6.07, 6.45) is 2.75. The molecule has 0 radical (unpaired) electrons. The van der Waals surface area contributed by atoms with Crippen molar-refractivity contribution >= 4 is 73.5 Å². The highest BCUT2D eigenvalue weighted by atomic mass is 79.9. The van der Waals surface area contributed by atoms with Gasteiger partial charge in [-0.05, 0) is 64.3 Å². The molecule has 1 fully saturated rings. The minimum absolute atomic E-state index is 0.182. The molecule has 1 saturated heterocycles. The van der Waals surface area contributed by atoms with Gasteiger partial charge in [-0.15, -0.1) is 0 Å². The molecule has 1 aliphatic rings. The number of nitrogens with zero attached hydrogens (tertiary/aromatic N) is 1. The van der Waals surface area contributed by atoms with Crippen LogP contribution in [0.5, 0.6) is 11.5 Å². The average molecular weight is 499 g/mol. The van der Waals surface area contributed by atoms with E-state index in [4.69, 9.17) is 33.3 Å². The molecule has 2 aromatic rings. The van der Waals surface area contributed by atoms with Gasteiger partial charge >= 0.3 is 0 Å². The maximum absolute atomic E-state index is 12.9. The highest BCUT2D eigenvalue weighted by Gasteiger charge is 2.33. The third-order valence-corrected chi connectivity index (χ3v) is 6.12. The molecule has 0 aliphatic carbocycles. The van der Waals surface area contributed by atoms with Gasteiger partial charge in [0, 0.05) is 0 Å². The first-order valence-electron chi connectivity index (χ1n) is 8.48. The number of thiocarbonyl (C=S) groups is 1. The molecule has 0 atom stereocenters. The molecule has 0 saturated carbocycles. The molecule has 0 N–H and O–H groups in total. The number of anilines is 1. The predicted molar refractivity (Wildman–Crippen MR) is 124 cm³/mol. The van der Waals surface area contributed by atoms with Crippen LogP contribution in [-0.4, -0.2) is 23.9 Å². The zero-order valence-corrected chi connectivity index (χ0v) is 19.2. The van der Waals surface area contributed by atoms with Crippen LogP contribution in [0.15, 0.2) is 45.8 Å². The lowest BCUT2D eigenvalue weighted by Gasteiger charge is -2.15. The highest BCUT2D eigenvalue weighted by molar-refractivity contribution is 9.10. The van der Waals surface area contributed by atoms with Crippen LogP contribution < -0.4 is 14.4 Å². The number of amides is 1. The second kappa shape index (κ2) is 9.31. The van der Waals surface area contributed by atoms with E-state index in [0.29, 0.717) is 32.3 Å². The van der Waals surface area contributed by atoms with Gasteiger partial charge in [0.25, 0.3) is 5.91 Å². The number of hydrogen-bond donors (Lipinski definition) is 0. The van der Waals surface area contributed by atoms with E-state index >= 15 is 0 Å². The fourth-order valence-electron chi connectivity index (χ4n) is 2.57. The number of rotatable bonds is 6. The van der Waals surface area contributed by atoms with Gasteiger partial charge in [0.15, 0.2) is 4.32 Å². The zero-order chi connectivity index (χ0) is 20.3. The van der Waals surface area contributed by atoms with Crippen molar-refractivity contribution in [1.29, 1.82) is 0 Å². The van der Waals surface area contributed by atoms with Crippen LogP contribution in [0.25, 0.3) is 6.08 Å². The number of benzene rings is 2. The maximum Gasteiger partial charge on any atom is 0.270 e. The van der Waals surface area contributed by atoms with Crippen molar-refractivity contribution in [2.45, 2.75) is 13.3 Å². The Morgan fingerprint density at radius 2 is 2.00 bits per heavy atom. The molecule has 2 aromatic carbocycles. The van der Waals surface area contributed by atoms with E-state index in [1.165, 1.54) is 16.7 Å². The third kappa shape index (κ3) is 4.54. The van der Waals surface area contributed by atoms with E-state index in [2.05, 4.69) is 22.9 Å². The minimum atomic E-state index is -0.182. The SMILES string of the molecule is CCCOc1ccc(/C=C2\SC(=S)N(c3ccc(OC)c(Cl)c3)C2=O)cc1Br. The standard InChI is InChI=1S/C20H17BrClNO3S2/c1-3-8-26-16-6-4-12(9-14(16)21)10-18-19(24)23(20(27)28-18)13-5-7-17(25-2)15(22)11-13/h4-7,9-11H,3,8H2,1-2H3/b18-10-. The van der Waals surface area contributed by atoms with Crippen LogP contribution in [0.1, 0.15) is 18.9 Å². The molecule has 1 aliphatic heterocycles. The monoisotopic (exact) mass is 497 g/mol. The Bertz CT molecular complexity index is 964. The Labute approximate surface area is 187 Å². The summed E-state index contributed by atoms with van der Waals surface area (Å²) in [6.45, 7) is 2.71. The Morgan fingerprint density at radius 1 is 1.25 bits per heavy atom. The summed E-state index contributed by atoms with van der Waals surface area (Å²) in [5.74, 6) is 1.14. The van der Waals surface area contributed by atoms with Crippen molar-refractivity contribution in [1.82, 2.24) is 0 Å². The highest BCUT2D eigenvalue weighted by Crippen LogP contribution is 2.39. The lowest BCUT2D eigenvalue weighted by molar-refractivity contribution is -0.113. The van der Waals surface area contributed by atoms with Crippen LogP contribution in [0.2, 0.25) is 5.02 Å². The fraction of sp³-hybridized carbons (Fsp3) is 0.200. The summed E-state index contributed by atoms with van der Waals surface area (Å²) in [7, 11) is 1.54. The normalized spacial score (nSPS) is 15.4. The molecule has 0 unspecified atom stereocenters. The van der Waals surface area contributed by atoms with Crippen molar-refractivity contribution in [2.24, 2.45) is 0 Å². The number of halogens is 2. The number of methoxy groups -OCH3 is 1. The van der Waals surface area contributed by atoms with Crippen molar-refractivity contribution < 1.29 is 14.3 Å². The zero-order valence-electron chi connectivity index (χ0n) is 15.2. The van der Waals surface area contributed by atoms with Crippen LogP contribution >= 0.6 is 51.5 Å². The Balaban J connectivity index is 1.85. The molecule has 0 bridgehead atoms. The van der Waals surface area contributed by atoms with Crippen molar-refractivity contribution in [3.05, 3.63) is 56.4 Å². The van der Waals surface area contributed by atoms with Crippen LogP contribution in [0.3, 0.4) is 0 Å². The summed E-state index contributed by atoms with van der Waals surface area (Å²) in [5.41, 5.74) is 1.49. The Kier molecular flexibility index (Phi) is 7.04. The number of carbonyl (C=O) groups excluding carboxylic acids is 1. The molecule has 1 heterocycles. The van der Waals surface area contributed by atoms with Crippen LogP contribution in [0.4, 0.5) is 5.69 Å². The number of hydrogen-bond acceptors (Lipinski definition) is 5. The predicted octanol–water partition coefficient (Wildman–Crippen LogP) is 6.31. The minimum Gasteiger partial charge on any atom is -0.495 e. The van der Waals surface area contributed by atoms with E-state index in [-0.39, 0.29) is 5.91 Å². The molecule has 3 rings (SSSR count). The molecule has 0 spiro atoms. The smallest absolute Gasteiger partial charge is 0.270 e. The van der Waals surface area contributed by atoms with Gasteiger partial charge in [-0.3, -0.25) is 9.69 Å². The Morgan fingerprint density at radius 3 is 2.64 bits per heavy atom. The van der Waals surface area contributed by atoms with Crippen LogP contribution in [-0.2, 0) is 4.79 Å². The van der Waals surface area contributed by atoms with Gasteiger partial charge in [-0.2, -0.15) is 0 Å². The van der Waals surface area contributed by atoms with Crippen molar-refractivity contribution in [2.75, 3.05) is 18.6 Å². The molecule has 1 amide bonds. The number of thioether (sulfide) groups is 1. The molecule has 28 heavy (non-hydrogen) atoms. The molecular formula is C20H17BrClNO3S2. The van der Waals surface area contributed by atoms with Crippen LogP contribution in [0, 0.1) is 0 Å². The van der Waals surface area contributed by atoms with Gasteiger partial charge < -0.3 is 9.47 Å². The van der Waals surface area contributed by atoms with E-state index in [9.17, 15) is 4.79 Å². The molecule has 4 nitrogen and oxygen atoms in total. The topological polar surface area (TPSA) is 38.8 Å². The number of ether oxygens (including phenoxy) is 2. The molecule has 8 heteroatoms. The summed E-state index contributed by atoms with van der Waals surface area (Å²) in [4.78, 5) is 14.9. The molecule has 0 aromatic heterocycles. The quantitative estimate of drug-likeness (QED) is 0.345. The number of carbonyl (C=O) groups is 1. The molecule has 146 valence electrons. The summed E-state index contributed by atoms with van der Waals surface area (Å²) < 4.78 is 12.1. The second-order valence-electron chi connectivity index (χ2n) is 5.87. The maximum atomic E-state index is 12.9. The van der Waals surface area contributed by atoms with E-state index in [0.717, 1.165) is 22.2 Å². The van der Waals surface area contributed by atoms with Gasteiger partial charge in [0.2, 0.25) is 0 Å². The van der Waals surface area contributed by atoms with Gasteiger partial charge in [0.1, 0.15) is 11.5 Å². The van der Waals surface area contributed by atoms with E-state index < -0.39 is 0 Å². The summed E-state index contributed by atoms with van der Waals surface area (Å²) in [5, 5.41) is 0.421. The second-order valence-corrected chi connectivity index (χ2v) is 8.81. The lowest BCUT2D eigenvalue weighted by Crippen LogP contribution is -2.27. The Hall–Kier alpha value is -1.54. The first-order valence-corrected chi connectivity index (χ1v) is 10.9.